The predicted octanol–water partition coefficient (Wildman–Crippen LogP) is 1.56. The van der Waals surface area contributed by atoms with Crippen LogP contribution in [0.15, 0.2) is 33.8 Å². The molecule has 0 aromatic carbocycles. The Balaban J connectivity index is 2.38. The first-order valence-electron chi connectivity index (χ1n) is 3.41. The molecule has 0 aromatic rings. The van der Waals surface area contributed by atoms with Gasteiger partial charge in [0.2, 0.25) is 0 Å². The molecule has 0 fully saturated rings. The van der Waals surface area contributed by atoms with Crippen molar-refractivity contribution >= 4 is 0 Å². The number of hydrogen-bond donors (Lipinski definition) is 1. The predicted molar refractivity (Wildman–Crippen MR) is 38.2 cm³/mol. The summed E-state index contributed by atoms with van der Waals surface area (Å²) in [4.78, 5) is 0. The van der Waals surface area contributed by atoms with E-state index in [4.69, 9.17) is 0 Å². The molecule has 0 amide bonds. The molecule has 1 heterocycles. The SMILES string of the molecule is CC1=C2NN=NC2CC=C1. The van der Waals surface area contributed by atoms with Crippen LogP contribution in [0.3, 0.4) is 0 Å². The van der Waals surface area contributed by atoms with Crippen LogP contribution >= 0.6 is 0 Å². The van der Waals surface area contributed by atoms with Gasteiger partial charge in [-0.1, -0.05) is 17.4 Å². The van der Waals surface area contributed by atoms with Crippen LogP contribution in [0.2, 0.25) is 0 Å². The Bertz CT molecular complexity index is 237. The van der Waals surface area contributed by atoms with Gasteiger partial charge in [0.1, 0.15) is 6.04 Å². The van der Waals surface area contributed by atoms with Crippen molar-refractivity contribution in [1.82, 2.24) is 5.43 Å². The van der Waals surface area contributed by atoms with E-state index in [0.717, 1.165) is 6.42 Å². The van der Waals surface area contributed by atoms with E-state index in [0.29, 0.717) is 0 Å². The average molecular weight is 135 g/mol. The molecule has 0 saturated carbocycles. The summed E-state index contributed by atoms with van der Waals surface area (Å²) in [5, 5.41) is 7.77. The molecule has 3 nitrogen and oxygen atoms in total. The number of nitrogens with one attached hydrogen (secondary N) is 1. The molecule has 2 aliphatic rings. The lowest BCUT2D eigenvalue weighted by Crippen LogP contribution is -2.14. The highest BCUT2D eigenvalue weighted by atomic mass is 15.5. The highest BCUT2D eigenvalue weighted by molar-refractivity contribution is 5.31. The number of nitrogens with zero attached hydrogens (tertiary/aromatic N) is 2. The first kappa shape index (κ1) is 5.65. The average Bonchev–Trinajstić information content (AvgIpc) is 2.36. The molecule has 0 aromatic heterocycles. The molecule has 10 heavy (non-hydrogen) atoms. The zero-order chi connectivity index (χ0) is 6.97. The van der Waals surface area contributed by atoms with Crippen molar-refractivity contribution in [3.8, 4) is 0 Å². The van der Waals surface area contributed by atoms with Crippen LogP contribution in [-0.2, 0) is 0 Å². The summed E-state index contributed by atoms with van der Waals surface area (Å²) in [6.45, 7) is 2.07. The third kappa shape index (κ3) is 0.667. The van der Waals surface area contributed by atoms with E-state index in [1.807, 2.05) is 0 Å². The zero-order valence-electron chi connectivity index (χ0n) is 5.83. The number of allylic oxidation sites excluding steroid dienone is 2. The highest BCUT2D eigenvalue weighted by Gasteiger charge is 2.21. The van der Waals surface area contributed by atoms with E-state index in [1.165, 1.54) is 11.3 Å². The van der Waals surface area contributed by atoms with E-state index in [-0.39, 0.29) is 6.04 Å². The minimum absolute atomic E-state index is 0.282. The Hall–Kier alpha value is -1.12. The fourth-order valence-corrected chi connectivity index (χ4v) is 1.26. The van der Waals surface area contributed by atoms with Crippen molar-refractivity contribution in [2.24, 2.45) is 10.3 Å². The molecule has 1 unspecified atom stereocenters. The second-order valence-electron chi connectivity index (χ2n) is 2.58. The van der Waals surface area contributed by atoms with Crippen LogP contribution in [0.5, 0.6) is 0 Å². The molecule has 0 bridgehead atoms. The summed E-state index contributed by atoms with van der Waals surface area (Å²) in [6, 6.07) is 0.282. The number of fused-ring (bicyclic) bond motifs is 1. The lowest BCUT2D eigenvalue weighted by molar-refractivity contribution is 0.772. The molecule has 1 N–H and O–H groups in total. The molecular weight excluding hydrogens is 126 g/mol. The third-order valence-electron chi connectivity index (χ3n) is 1.85. The minimum atomic E-state index is 0.282. The maximum absolute atomic E-state index is 4.01. The van der Waals surface area contributed by atoms with Crippen LogP contribution in [0.4, 0.5) is 0 Å². The van der Waals surface area contributed by atoms with Crippen LogP contribution in [0.1, 0.15) is 13.3 Å². The van der Waals surface area contributed by atoms with Gasteiger partial charge in [-0.3, -0.25) is 5.43 Å². The van der Waals surface area contributed by atoms with Gasteiger partial charge in [-0.25, -0.2) is 0 Å². The topological polar surface area (TPSA) is 36.8 Å². The molecule has 52 valence electrons. The smallest absolute Gasteiger partial charge is 0.118 e. The van der Waals surface area contributed by atoms with Crippen molar-refractivity contribution in [3.63, 3.8) is 0 Å². The van der Waals surface area contributed by atoms with Gasteiger partial charge in [-0.2, -0.15) is 5.11 Å². The van der Waals surface area contributed by atoms with Crippen molar-refractivity contribution < 1.29 is 0 Å². The first-order chi connectivity index (χ1) is 4.88. The van der Waals surface area contributed by atoms with Gasteiger partial charge in [0.15, 0.2) is 0 Å². The fourth-order valence-electron chi connectivity index (χ4n) is 1.26. The Morgan fingerprint density at radius 2 is 2.60 bits per heavy atom. The Morgan fingerprint density at radius 3 is 3.40 bits per heavy atom. The maximum atomic E-state index is 4.01. The lowest BCUT2D eigenvalue weighted by atomic mass is 10.0. The third-order valence-corrected chi connectivity index (χ3v) is 1.85. The van der Waals surface area contributed by atoms with Gasteiger partial charge in [0.25, 0.3) is 0 Å². The highest BCUT2D eigenvalue weighted by Crippen LogP contribution is 2.23. The second kappa shape index (κ2) is 1.94. The van der Waals surface area contributed by atoms with Crippen molar-refractivity contribution in [2.45, 2.75) is 19.4 Å². The Labute approximate surface area is 59.5 Å². The van der Waals surface area contributed by atoms with E-state index >= 15 is 0 Å². The standard InChI is InChI=1S/C7H9N3/c1-5-3-2-4-6-7(5)9-10-8-6/h2-3,6H,4H2,1H3,(H,8,9). The van der Waals surface area contributed by atoms with Crippen molar-refractivity contribution in [1.29, 1.82) is 0 Å². The molecule has 0 saturated heterocycles. The van der Waals surface area contributed by atoms with E-state index < -0.39 is 0 Å². The molecular formula is C7H9N3. The van der Waals surface area contributed by atoms with Crippen molar-refractivity contribution in [2.75, 3.05) is 0 Å². The van der Waals surface area contributed by atoms with Gasteiger partial charge in [0, 0.05) is 0 Å². The monoisotopic (exact) mass is 135 g/mol. The van der Waals surface area contributed by atoms with E-state index in [9.17, 15) is 0 Å². The molecule has 0 spiro atoms. The lowest BCUT2D eigenvalue weighted by Gasteiger charge is -2.11. The molecule has 1 aliphatic carbocycles. The van der Waals surface area contributed by atoms with Gasteiger partial charge in [0.05, 0.1) is 5.70 Å². The maximum Gasteiger partial charge on any atom is 0.118 e. The quantitative estimate of drug-likeness (QED) is 0.537. The van der Waals surface area contributed by atoms with Crippen molar-refractivity contribution in [3.05, 3.63) is 23.4 Å². The zero-order valence-corrected chi connectivity index (χ0v) is 5.83. The summed E-state index contributed by atoms with van der Waals surface area (Å²) >= 11 is 0. The Morgan fingerprint density at radius 1 is 1.70 bits per heavy atom. The first-order valence-corrected chi connectivity index (χ1v) is 3.41. The largest absolute Gasteiger partial charge is 0.262 e. The molecule has 3 heteroatoms. The fraction of sp³-hybridized carbons (Fsp3) is 0.429. The van der Waals surface area contributed by atoms with Gasteiger partial charge >= 0.3 is 0 Å². The van der Waals surface area contributed by atoms with E-state index in [1.54, 1.807) is 0 Å². The van der Waals surface area contributed by atoms with Crippen LogP contribution in [0, 0.1) is 0 Å². The van der Waals surface area contributed by atoms with Gasteiger partial charge in [-0.15, -0.1) is 0 Å². The van der Waals surface area contributed by atoms with E-state index in [2.05, 4.69) is 34.8 Å². The van der Waals surface area contributed by atoms with Gasteiger partial charge in [-0.05, 0) is 18.9 Å². The van der Waals surface area contributed by atoms with Crippen LogP contribution in [-0.4, -0.2) is 6.04 Å². The minimum Gasteiger partial charge on any atom is -0.262 e. The summed E-state index contributed by atoms with van der Waals surface area (Å²) in [6.07, 6.45) is 5.23. The number of hydrogen-bond acceptors (Lipinski definition) is 3. The summed E-state index contributed by atoms with van der Waals surface area (Å²) < 4.78 is 0. The number of rotatable bonds is 0. The molecule has 2 rings (SSSR count). The summed E-state index contributed by atoms with van der Waals surface area (Å²) in [7, 11) is 0. The molecule has 1 aliphatic heterocycles. The van der Waals surface area contributed by atoms with Gasteiger partial charge < -0.3 is 0 Å². The second-order valence-corrected chi connectivity index (χ2v) is 2.58. The normalized spacial score (nSPS) is 28.7. The van der Waals surface area contributed by atoms with Crippen LogP contribution < -0.4 is 5.43 Å². The van der Waals surface area contributed by atoms with Crippen LogP contribution in [0.25, 0.3) is 0 Å². The molecule has 1 atom stereocenters. The molecule has 0 radical (unpaired) electrons. The summed E-state index contributed by atoms with van der Waals surface area (Å²) in [5.74, 6) is 0. The Kier molecular flexibility index (Phi) is 1.09. The summed E-state index contributed by atoms with van der Waals surface area (Å²) in [5.41, 5.74) is 5.32.